The molecule has 0 radical (unpaired) electrons. The average Bonchev–Trinajstić information content (AvgIpc) is 2.69. The van der Waals surface area contributed by atoms with Crippen LogP contribution in [-0.2, 0) is 24.7 Å². The minimum absolute atomic E-state index is 0.120. The fourth-order valence-corrected chi connectivity index (χ4v) is 2.63. The van der Waals surface area contributed by atoms with Gasteiger partial charge in [0.15, 0.2) is 5.54 Å². The molecule has 10 heteroatoms. The number of aliphatic carboxylic acids is 2. The number of unbranched alkanes of at least 4 members (excludes halogenated alkanes) is 1. The van der Waals surface area contributed by atoms with Crippen molar-refractivity contribution < 1.29 is 29.3 Å². The monoisotopic (exact) mass is 410 g/mol. The SMILES string of the molecule is CCCCOC(=O)C(CC(=O)O)(NCCNCCNCC(=O)O)c1ccccn1. The van der Waals surface area contributed by atoms with E-state index < -0.39 is 29.9 Å². The highest BCUT2D eigenvalue weighted by Gasteiger charge is 2.44. The van der Waals surface area contributed by atoms with Crippen LogP contribution in [0.3, 0.4) is 0 Å². The number of carboxylic acid groups (broad SMARTS) is 2. The summed E-state index contributed by atoms with van der Waals surface area (Å²) in [5.74, 6) is -2.75. The Morgan fingerprint density at radius 2 is 1.79 bits per heavy atom. The molecule has 0 aliphatic rings. The summed E-state index contributed by atoms with van der Waals surface area (Å²) >= 11 is 0. The lowest BCUT2D eigenvalue weighted by atomic mass is 9.90. The molecular weight excluding hydrogens is 380 g/mol. The van der Waals surface area contributed by atoms with Crippen molar-refractivity contribution in [3.8, 4) is 0 Å². The van der Waals surface area contributed by atoms with Gasteiger partial charge in [0, 0.05) is 32.4 Å². The summed E-state index contributed by atoms with van der Waals surface area (Å²) in [5.41, 5.74) is -1.31. The molecule has 0 spiro atoms. The van der Waals surface area contributed by atoms with Gasteiger partial charge in [-0.15, -0.1) is 0 Å². The first-order chi connectivity index (χ1) is 13.9. The molecule has 0 aliphatic carbocycles. The molecule has 1 aromatic rings. The number of ether oxygens (including phenoxy) is 1. The number of pyridine rings is 1. The molecule has 5 N–H and O–H groups in total. The number of esters is 1. The van der Waals surface area contributed by atoms with Gasteiger partial charge in [-0.2, -0.15) is 0 Å². The topological polar surface area (TPSA) is 150 Å². The summed E-state index contributed by atoms with van der Waals surface area (Å²) in [5, 5.41) is 26.8. The largest absolute Gasteiger partial charge is 0.481 e. The zero-order chi connectivity index (χ0) is 21.5. The van der Waals surface area contributed by atoms with Gasteiger partial charge in [0.1, 0.15) is 0 Å². The zero-order valence-corrected chi connectivity index (χ0v) is 16.6. The first-order valence-corrected chi connectivity index (χ1v) is 9.61. The number of carboxylic acids is 2. The quantitative estimate of drug-likeness (QED) is 0.185. The normalized spacial score (nSPS) is 12.9. The van der Waals surface area contributed by atoms with E-state index in [1.165, 1.54) is 6.20 Å². The molecule has 1 rings (SSSR count). The molecule has 0 fully saturated rings. The number of rotatable bonds is 16. The standard InChI is InChI=1S/C19H30N4O6/c1-2-3-12-29-18(28)19(13-16(24)25,15-6-4-5-7-22-15)23-11-10-20-8-9-21-14-17(26)27/h4-7,20-21,23H,2-3,8-14H2,1H3,(H,24,25)(H,26,27). The number of hydrogen-bond donors (Lipinski definition) is 5. The van der Waals surface area contributed by atoms with Gasteiger partial charge in [0.2, 0.25) is 0 Å². The number of carbonyl (C=O) groups excluding carboxylic acids is 1. The van der Waals surface area contributed by atoms with Gasteiger partial charge in [-0.05, 0) is 18.6 Å². The third-order valence-corrected chi connectivity index (χ3v) is 4.08. The summed E-state index contributed by atoms with van der Waals surface area (Å²) in [4.78, 5) is 39.0. The Bertz CT molecular complexity index is 643. The van der Waals surface area contributed by atoms with E-state index in [9.17, 15) is 19.5 Å². The van der Waals surface area contributed by atoms with Crippen LogP contribution in [0.1, 0.15) is 31.9 Å². The summed E-state index contributed by atoms with van der Waals surface area (Å²) in [6.45, 7) is 3.75. The van der Waals surface area contributed by atoms with Crippen LogP contribution in [-0.4, -0.2) is 72.4 Å². The molecule has 0 bridgehead atoms. The first-order valence-electron chi connectivity index (χ1n) is 9.61. The van der Waals surface area contributed by atoms with E-state index in [0.29, 0.717) is 26.1 Å². The van der Waals surface area contributed by atoms with E-state index in [-0.39, 0.29) is 25.4 Å². The fraction of sp³-hybridized carbons (Fsp3) is 0.579. The van der Waals surface area contributed by atoms with Crippen molar-refractivity contribution in [2.45, 2.75) is 31.7 Å². The lowest BCUT2D eigenvalue weighted by molar-refractivity contribution is -0.157. The Kier molecular flexibility index (Phi) is 11.5. The van der Waals surface area contributed by atoms with Crippen LogP contribution in [0.5, 0.6) is 0 Å². The molecule has 0 aliphatic heterocycles. The smallest absolute Gasteiger partial charge is 0.333 e. The Morgan fingerprint density at radius 3 is 2.41 bits per heavy atom. The lowest BCUT2D eigenvalue weighted by Crippen LogP contribution is -2.54. The molecule has 29 heavy (non-hydrogen) atoms. The van der Waals surface area contributed by atoms with Gasteiger partial charge in [-0.1, -0.05) is 19.4 Å². The van der Waals surface area contributed by atoms with Crippen LogP contribution < -0.4 is 16.0 Å². The van der Waals surface area contributed by atoms with Gasteiger partial charge in [-0.3, -0.25) is 19.9 Å². The van der Waals surface area contributed by atoms with E-state index in [4.69, 9.17) is 9.84 Å². The molecule has 0 saturated carbocycles. The fourth-order valence-electron chi connectivity index (χ4n) is 2.63. The van der Waals surface area contributed by atoms with Crippen molar-refractivity contribution in [1.29, 1.82) is 0 Å². The van der Waals surface area contributed by atoms with Gasteiger partial charge < -0.3 is 25.6 Å². The summed E-state index contributed by atoms with van der Waals surface area (Å²) in [6.07, 6.45) is 2.52. The van der Waals surface area contributed by atoms with Crippen molar-refractivity contribution in [1.82, 2.24) is 20.9 Å². The molecule has 162 valence electrons. The minimum Gasteiger partial charge on any atom is -0.481 e. The highest BCUT2D eigenvalue weighted by atomic mass is 16.5. The van der Waals surface area contributed by atoms with Crippen LogP contribution >= 0.6 is 0 Å². The van der Waals surface area contributed by atoms with Crippen LogP contribution in [0.2, 0.25) is 0 Å². The Labute approximate surface area is 170 Å². The second kappa shape index (κ2) is 13.6. The molecule has 1 unspecified atom stereocenters. The van der Waals surface area contributed by atoms with E-state index >= 15 is 0 Å². The second-order valence-electron chi connectivity index (χ2n) is 6.43. The first kappa shape index (κ1) is 24.5. The third-order valence-electron chi connectivity index (χ3n) is 4.08. The maximum Gasteiger partial charge on any atom is 0.333 e. The van der Waals surface area contributed by atoms with E-state index in [2.05, 4.69) is 20.9 Å². The van der Waals surface area contributed by atoms with Crippen LogP contribution in [0.15, 0.2) is 24.4 Å². The molecule has 1 heterocycles. The molecule has 10 nitrogen and oxygen atoms in total. The Morgan fingerprint density at radius 1 is 1.07 bits per heavy atom. The zero-order valence-electron chi connectivity index (χ0n) is 16.6. The van der Waals surface area contributed by atoms with Gasteiger partial charge in [-0.25, -0.2) is 4.79 Å². The van der Waals surface area contributed by atoms with Gasteiger partial charge >= 0.3 is 17.9 Å². The Balaban J connectivity index is 2.76. The maximum atomic E-state index is 12.9. The number of carbonyl (C=O) groups is 3. The summed E-state index contributed by atoms with van der Waals surface area (Å²) in [6, 6.07) is 4.97. The van der Waals surface area contributed by atoms with E-state index in [1.54, 1.807) is 18.2 Å². The molecule has 1 atom stereocenters. The molecular formula is C19H30N4O6. The predicted molar refractivity (Wildman–Crippen MR) is 105 cm³/mol. The van der Waals surface area contributed by atoms with Crippen molar-refractivity contribution in [3.63, 3.8) is 0 Å². The predicted octanol–water partition coefficient (Wildman–Crippen LogP) is -0.0517. The molecule has 0 aromatic carbocycles. The number of aromatic nitrogens is 1. The van der Waals surface area contributed by atoms with Crippen molar-refractivity contribution >= 4 is 17.9 Å². The van der Waals surface area contributed by atoms with Crippen LogP contribution in [0.4, 0.5) is 0 Å². The summed E-state index contributed by atoms with van der Waals surface area (Å²) < 4.78 is 5.35. The summed E-state index contributed by atoms with van der Waals surface area (Å²) in [7, 11) is 0. The van der Waals surface area contributed by atoms with Crippen molar-refractivity contribution in [3.05, 3.63) is 30.1 Å². The Hall–Kier alpha value is -2.56. The second-order valence-corrected chi connectivity index (χ2v) is 6.43. The molecule has 0 saturated heterocycles. The van der Waals surface area contributed by atoms with Crippen molar-refractivity contribution in [2.24, 2.45) is 0 Å². The highest BCUT2D eigenvalue weighted by Crippen LogP contribution is 2.25. The lowest BCUT2D eigenvalue weighted by Gasteiger charge is -2.31. The van der Waals surface area contributed by atoms with Crippen LogP contribution in [0, 0.1) is 0 Å². The minimum atomic E-state index is -1.59. The maximum absolute atomic E-state index is 12.9. The molecule has 0 amide bonds. The molecule has 1 aromatic heterocycles. The van der Waals surface area contributed by atoms with Crippen molar-refractivity contribution in [2.75, 3.05) is 39.3 Å². The highest BCUT2D eigenvalue weighted by molar-refractivity contribution is 5.87. The average molecular weight is 410 g/mol. The van der Waals surface area contributed by atoms with E-state index in [0.717, 1.165) is 6.42 Å². The van der Waals surface area contributed by atoms with E-state index in [1.807, 2.05) is 6.92 Å². The third kappa shape index (κ3) is 8.99. The number of nitrogens with zero attached hydrogens (tertiary/aromatic N) is 1. The van der Waals surface area contributed by atoms with Crippen LogP contribution in [0.25, 0.3) is 0 Å². The number of nitrogens with one attached hydrogen (secondary N) is 3. The number of hydrogen-bond acceptors (Lipinski definition) is 8. The van der Waals surface area contributed by atoms with Gasteiger partial charge in [0.25, 0.3) is 0 Å². The van der Waals surface area contributed by atoms with Gasteiger partial charge in [0.05, 0.1) is 25.3 Å².